The van der Waals surface area contributed by atoms with Gasteiger partial charge in [0.15, 0.2) is 0 Å². The van der Waals surface area contributed by atoms with Crippen molar-refractivity contribution in [1.82, 2.24) is 0 Å². The van der Waals surface area contributed by atoms with Crippen molar-refractivity contribution >= 4 is 66.1 Å². The molecular formula is C7H13S5Sb. The summed E-state index contributed by atoms with van der Waals surface area (Å²) in [6.45, 7) is 0. The quantitative estimate of drug-likeness (QED) is 0.672. The maximum absolute atomic E-state index is 2.39. The van der Waals surface area contributed by atoms with Gasteiger partial charge in [0.25, 0.3) is 0 Å². The fourth-order valence-electron chi connectivity index (χ4n) is 0.904. The Bertz CT molecular complexity index is 143. The first-order chi connectivity index (χ1) is 6.38. The molecule has 13 heavy (non-hydrogen) atoms. The second-order valence-electron chi connectivity index (χ2n) is 2.94. The summed E-state index contributed by atoms with van der Waals surface area (Å²) in [7, 11) is 6.99. The van der Waals surface area contributed by atoms with Gasteiger partial charge in [-0.15, -0.1) is 0 Å². The molecule has 2 aliphatic heterocycles. The number of rotatable bonds is 5. The molecule has 0 aromatic rings. The molecule has 2 heterocycles. The van der Waals surface area contributed by atoms with E-state index in [9.17, 15) is 0 Å². The topological polar surface area (TPSA) is 0 Å². The van der Waals surface area contributed by atoms with E-state index in [4.69, 9.17) is 0 Å². The first kappa shape index (κ1) is 12.0. The van der Waals surface area contributed by atoms with Crippen molar-refractivity contribution in [1.29, 1.82) is 0 Å². The minimum absolute atomic E-state index is 0.967. The molecule has 0 bridgehead atoms. The molecular weight excluding hydrogens is 366 g/mol. The van der Waals surface area contributed by atoms with Gasteiger partial charge in [0.1, 0.15) is 0 Å². The number of hydrogen-bond donors (Lipinski definition) is 0. The predicted molar refractivity (Wildman–Crippen MR) is 76.7 cm³/mol. The van der Waals surface area contributed by atoms with Gasteiger partial charge < -0.3 is 0 Å². The summed E-state index contributed by atoms with van der Waals surface area (Å²) in [6.07, 6.45) is 2.33. The molecule has 0 radical (unpaired) electrons. The molecule has 76 valence electrons. The molecule has 0 N–H and O–H groups in total. The Balaban J connectivity index is 1.65. The minimum atomic E-state index is -0.967. The van der Waals surface area contributed by atoms with E-state index in [2.05, 4.69) is 56.3 Å². The summed E-state index contributed by atoms with van der Waals surface area (Å²) in [5.41, 5.74) is 0. The Hall–Kier alpha value is 2.57. The zero-order valence-corrected chi connectivity index (χ0v) is 14.1. The summed E-state index contributed by atoms with van der Waals surface area (Å²) < 4.78 is 0. The Labute approximate surface area is 104 Å². The van der Waals surface area contributed by atoms with Crippen molar-refractivity contribution in [3.8, 4) is 0 Å². The van der Waals surface area contributed by atoms with Gasteiger partial charge in [-0.2, -0.15) is 0 Å². The van der Waals surface area contributed by atoms with Crippen LogP contribution in [0.2, 0.25) is 0 Å². The molecule has 0 aromatic carbocycles. The molecule has 0 atom stereocenters. The Kier molecular flexibility index (Phi) is 5.87. The van der Waals surface area contributed by atoms with E-state index >= 15 is 0 Å². The first-order valence-electron chi connectivity index (χ1n) is 4.22. The van der Waals surface area contributed by atoms with Gasteiger partial charge in [0, 0.05) is 0 Å². The van der Waals surface area contributed by atoms with E-state index in [-0.39, 0.29) is 0 Å². The third-order valence-electron chi connectivity index (χ3n) is 1.83. The van der Waals surface area contributed by atoms with Gasteiger partial charge in [-0.05, 0) is 0 Å². The Morgan fingerprint density at radius 2 is 1.46 bits per heavy atom. The number of thioether (sulfide) groups is 2. The SMILES string of the molecule is C[S][Sb]([S]C1CSC1)[S]C1CSC1. The van der Waals surface area contributed by atoms with Crippen molar-refractivity contribution in [2.24, 2.45) is 0 Å². The van der Waals surface area contributed by atoms with Gasteiger partial charge >= 0.3 is 106 Å². The van der Waals surface area contributed by atoms with Gasteiger partial charge in [-0.3, -0.25) is 0 Å². The first-order valence-corrected chi connectivity index (χ1v) is 18.8. The van der Waals surface area contributed by atoms with Crippen LogP contribution in [-0.2, 0) is 0 Å². The van der Waals surface area contributed by atoms with Crippen molar-refractivity contribution in [3.05, 3.63) is 0 Å². The third-order valence-corrected chi connectivity index (χ3v) is 30.7. The van der Waals surface area contributed by atoms with E-state index in [1.807, 2.05) is 0 Å². The van der Waals surface area contributed by atoms with Crippen LogP contribution in [0.25, 0.3) is 0 Å². The van der Waals surface area contributed by atoms with Crippen LogP contribution in [-0.4, -0.2) is 55.8 Å². The van der Waals surface area contributed by atoms with Gasteiger partial charge in [0.05, 0.1) is 0 Å². The molecule has 0 nitrogen and oxygen atoms in total. The standard InChI is InChI=1S/2C3H6S2.CH4S.Sb/c2*4-3-1-5-2-3;1-2;/h2*3-4H,1-2H2;2H,1H3;/q;;;+3/p-3. The van der Waals surface area contributed by atoms with E-state index < -0.39 is 16.0 Å². The van der Waals surface area contributed by atoms with Gasteiger partial charge in [-0.25, -0.2) is 0 Å². The van der Waals surface area contributed by atoms with Crippen molar-refractivity contribution in [2.45, 2.75) is 10.5 Å². The Morgan fingerprint density at radius 1 is 1.00 bits per heavy atom. The molecule has 2 fully saturated rings. The molecule has 0 aliphatic carbocycles. The maximum atomic E-state index is 2.39. The van der Waals surface area contributed by atoms with Crippen LogP contribution in [0.1, 0.15) is 0 Å². The van der Waals surface area contributed by atoms with E-state index in [1.165, 1.54) is 23.0 Å². The molecule has 2 saturated heterocycles. The van der Waals surface area contributed by atoms with E-state index in [0.29, 0.717) is 0 Å². The van der Waals surface area contributed by atoms with Crippen LogP contribution in [0.4, 0.5) is 0 Å². The van der Waals surface area contributed by atoms with Gasteiger partial charge in [-0.1, -0.05) is 0 Å². The van der Waals surface area contributed by atoms with Crippen LogP contribution >= 0.6 is 50.1 Å². The summed E-state index contributed by atoms with van der Waals surface area (Å²) in [5, 5.41) is 2.08. The third kappa shape index (κ3) is 3.81. The summed E-state index contributed by atoms with van der Waals surface area (Å²) >= 11 is 3.28. The predicted octanol–water partition coefficient (Wildman–Crippen LogP) is 3.03. The molecule has 2 aliphatic rings. The average molecular weight is 379 g/mol. The summed E-state index contributed by atoms with van der Waals surface area (Å²) in [6, 6.07) is 0. The molecule has 0 unspecified atom stereocenters. The zero-order valence-electron chi connectivity index (χ0n) is 7.47. The van der Waals surface area contributed by atoms with Crippen LogP contribution < -0.4 is 0 Å². The van der Waals surface area contributed by atoms with Crippen LogP contribution in [0.3, 0.4) is 0 Å². The second kappa shape index (κ2) is 6.34. The normalized spacial score (nSPS) is 24.5. The van der Waals surface area contributed by atoms with Crippen LogP contribution in [0.15, 0.2) is 0 Å². The van der Waals surface area contributed by atoms with E-state index in [1.54, 1.807) is 0 Å². The average Bonchev–Trinajstić information content (AvgIpc) is 1.98. The van der Waals surface area contributed by atoms with E-state index in [0.717, 1.165) is 10.5 Å². The fraction of sp³-hybridized carbons (Fsp3) is 1.00. The van der Waals surface area contributed by atoms with Crippen molar-refractivity contribution in [2.75, 3.05) is 29.3 Å². The van der Waals surface area contributed by atoms with Crippen LogP contribution in [0, 0.1) is 0 Å². The molecule has 6 heteroatoms. The summed E-state index contributed by atoms with van der Waals surface area (Å²) in [5.74, 6) is 5.75. The molecule has 0 amide bonds. The number of hydrogen-bond acceptors (Lipinski definition) is 5. The van der Waals surface area contributed by atoms with Gasteiger partial charge in [0.2, 0.25) is 0 Å². The van der Waals surface area contributed by atoms with Crippen molar-refractivity contribution in [3.63, 3.8) is 0 Å². The Morgan fingerprint density at radius 3 is 1.69 bits per heavy atom. The second-order valence-corrected chi connectivity index (χ2v) is 27.2. The monoisotopic (exact) mass is 378 g/mol. The molecule has 2 rings (SSSR count). The molecule has 0 spiro atoms. The van der Waals surface area contributed by atoms with Crippen LogP contribution in [0.5, 0.6) is 0 Å². The van der Waals surface area contributed by atoms with Crippen molar-refractivity contribution < 1.29 is 0 Å². The fourth-order valence-corrected chi connectivity index (χ4v) is 31.2. The summed E-state index contributed by atoms with van der Waals surface area (Å²) in [4.78, 5) is 0. The zero-order chi connectivity index (χ0) is 9.10. The molecule has 0 aromatic heterocycles. The molecule has 0 saturated carbocycles.